The van der Waals surface area contributed by atoms with E-state index in [4.69, 9.17) is 14.2 Å². The number of carbonyl (C=O) groups is 1. The van der Waals surface area contributed by atoms with Crippen LogP contribution in [0.25, 0.3) is 5.69 Å². The van der Waals surface area contributed by atoms with Gasteiger partial charge < -0.3 is 14.2 Å². The quantitative estimate of drug-likeness (QED) is 0.286. The highest BCUT2D eigenvalue weighted by atomic mass is 19.4. The molecule has 38 heavy (non-hydrogen) atoms. The third-order valence-corrected chi connectivity index (χ3v) is 5.38. The number of hydrogen-bond acceptors (Lipinski definition) is 6. The minimum Gasteiger partial charge on any atom is -0.480 e. The molecule has 206 valence electrons. The largest absolute Gasteiger partial charge is 0.480 e. The Labute approximate surface area is 216 Å². The number of aromatic nitrogens is 3. The predicted molar refractivity (Wildman–Crippen MR) is 130 cm³/mol. The predicted octanol–water partition coefficient (Wildman–Crippen LogP) is 5.27. The van der Waals surface area contributed by atoms with Gasteiger partial charge in [0.25, 0.3) is 0 Å². The SMILES string of the molecule is CC(OCc1ccccc1)c1nn(-c2cc(OC(C)C(F)(F)F)c(C(=O)OC(C)(C)C)cc2F)c(=O)n1C. The number of benzene rings is 2. The lowest BCUT2D eigenvalue weighted by Gasteiger charge is -2.23. The van der Waals surface area contributed by atoms with Gasteiger partial charge in [0.05, 0.1) is 6.61 Å². The lowest BCUT2D eigenvalue weighted by molar-refractivity contribution is -0.189. The maximum atomic E-state index is 15.2. The molecule has 3 rings (SSSR count). The van der Waals surface area contributed by atoms with Crippen LogP contribution in [0.15, 0.2) is 47.3 Å². The van der Waals surface area contributed by atoms with Crippen molar-refractivity contribution in [2.45, 2.75) is 65.2 Å². The van der Waals surface area contributed by atoms with Gasteiger partial charge in [-0.2, -0.15) is 17.9 Å². The van der Waals surface area contributed by atoms with E-state index in [1.807, 2.05) is 30.3 Å². The van der Waals surface area contributed by atoms with Crippen LogP contribution in [0.1, 0.15) is 62.5 Å². The monoisotopic (exact) mass is 539 g/mol. The van der Waals surface area contributed by atoms with Crippen LogP contribution in [0.2, 0.25) is 0 Å². The number of nitrogens with zero attached hydrogens (tertiary/aromatic N) is 3. The molecular weight excluding hydrogens is 510 g/mol. The van der Waals surface area contributed by atoms with Crippen LogP contribution in [-0.4, -0.2) is 38.2 Å². The number of halogens is 4. The van der Waals surface area contributed by atoms with Crippen molar-refractivity contribution < 1.29 is 36.6 Å². The summed E-state index contributed by atoms with van der Waals surface area (Å²) in [6.45, 7) is 7.24. The summed E-state index contributed by atoms with van der Waals surface area (Å²) in [4.78, 5) is 25.6. The molecule has 0 radical (unpaired) electrons. The zero-order valence-corrected chi connectivity index (χ0v) is 21.8. The van der Waals surface area contributed by atoms with Crippen molar-refractivity contribution in [2.24, 2.45) is 7.05 Å². The molecule has 0 fully saturated rings. The number of rotatable bonds is 8. The molecule has 0 spiro atoms. The fourth-order valence-electron chi connectivity index (χ4n) is 3.39. The minimum absolute atomic E-state index is 0.146. The molecule has 0 saturated heterocycles. The summed E-state index contributed by atoms with van der Waals surface area (Å²) in [6.07, 6.45) is -7.82. The summed E-state index contributed by atoms with van der Waals surface area (Å²) in [5.41, 5.74) is -1.99. The fourth-order valence-corrected chi connectivity index (χ4v) is 3.39. The van der Waals surface area contributed by atoms with E-state index >= 15 is 4.39 Å². The highest BCUT2D eigenvalue weighted by molar-refractivity contribution is 5.93. The lowest BCUT2D eigenvalue weighted by Crippen LogP contribution is -2.32. The van der Waals surface area contributed by atoms with Gasteiger partial charge in [-0.1, -0.05) is 30.3 Å². The van der Waals surface area contributed by atoms with Crippen LogP contribution < -0.4 is 10.4 Å². The first-order valence-corrected chi connectivity index (χ1v) is 11.7. The highest BCUT2D eigenvalue weighted by Gasteiger charge is 2.39. The van der Waals surface area contributed by atoms with E-state index in [9.17, 15) is 22.8 Å². The van der Waals surface area contributed by atoms with Gasteiger partial charge >= 0.3 is 17.8 Å². The van der Waals surface area contributed by atoms with Crippen molar-refractivity contribution >= 4 is 5.97 Å². The summed E-state index contributed by atoms with van der Waals surface area (Å²) in [6, 6.07) is 10.7. The molecule has 1 heterocycles. The van der Waals surface area contributed by atoms with Gasteiger partial charge in [-0.3, -0.25) is 4.57 Å². The van der Waals surface area contributed by atoms with Crippen LogP contribution in [0.3, 0.4) is 0 Å². The van der Waals surface area contributed by atoms with E-state index in [1.165, 1.54) is 7.05 Å². The van der Waals surface area contributed by atoms with Gasteiger partial charge in [0.1, 0.15) is 34.5 Å². The molecular formula is C26H29F4N3O5. The van der Waals surface area contributed by atoms with Gasteiger partial charge in [0, 0.05) is 13.1 Å². The Hall–Kier alpha value is -3.67. The maximum absolute atomic E-state index is 15.2. The lowest BCUT2D eigenvalue weighted by atomic mass is 10.1. The molecule has 2 atom stereocenters. The number of alkyl halides is 3. The normalized spacial score (nSPS) is 13.7. The molecule has 0 amide bonds. The van der Waals surface area contributed by atoms with E-state index in [1.54, 1.807) is 27.7 Å². The van der Waals surface area contributed by atoms with Crippen LogP contribution in [0.4, 0.5) is 17.6 Å². The first-order chi connectivity index (χ1) is 17.6. The summed E-state index contributed by atoms with van der Waals surface area (Å²) < 4.78 is 72.8. The number of hydrogen-bond donors (Lipinski definition) is 0. The average molecular weight is 540 g/mol. The van der Waals surface area contributed by atoms with Crippen molar-refractivity contribution in [1.29, 1.82) is 0 Å². The maximum Gasteiger partial charge on any atom is 0.425 e. The molecule has 12 heteroatoms. The Morgan fingerprint density at radius 3 is 2.29 bits per heavy atom. The van der Waals surface area contributed by atoms with Crippen molar-refractivity contribution in [3.63, 3.8) is 0 Å². The van der Waals surface area contributed by atoms with Gasteiger partial charge in [-0.15, -0.1) is 5.10 Å². The van der Waals surface area contributed by atoms with Gasteiger partial charge in [-0.05, 0) is 46.2 Å². The third-order valence-electron chi connectivity index (χ3n) is 5.38. The van der Waals surface area contributed by atoms with Gasteiger partial charge in [-0.25, -0.2) is 14.0 Å². The zero-order valence-electron chi connectivity index (χ0n) is 21.8. The Bertz CT molecular complexity index is 1340. The Kier molecular flexibility index (Phi) is 8.35. The van der Waals surface area contributed by atoms with E-state index < -0.39 is 58.5 Å². The van der Waals surface area contributed by atoms with Crippen molar-refractivity contribution in [2.75, 3.05) is 0 Å². The van der Waals surface area contributed by atoms with Gasteiger partial charge in [0.2, 0.25) is 0 Å². The number of esters is 1. The summed E-state index contributed by atoms with van der Waals surface area (Å²) in [7, 11) is 1.40. The molecule has 0 bridgehead atoms. The Morgan fingerprint density at radius 2 is 1.71 bits per heavy atom. The summed E-state index contributed by atoms with van der Waals surface area (Å²) >= 11 is 0. The second kappa shape index (κ2) is 11.0. The molecule has 0 aliphatic carbocycles. The van der Waals surface area contributed by atoms with E-state index in [0.717, 1.165) is 23.1 Å². The second-order valence-corrected chi connectivity index (χ2v) is 9.65. The standard InChI is InChI=1S/C26H29F4N3O5/c1-15(36-14-17-10-8-7-9-11-17)22-31-33(24(35)32(22)6)20-13-21(37-16(2)26(28,29)30)18(12-19(20)27)23(34)38-25(3,4)5/h7-13,15-16H,14H2,1-6H3. The molecule has 0 saturated carbocycles. The first-order valence-electron chi connectivity index (χ1n) is 11.7. The second-order valence-electron chi connectivity index (χ2n) is 9.65. The molecule has 0 N–H and O–H groups in total. The van der Waals surface area contributed by atoms with Crippen LogP contribution in [-0.2, 0) is 23.1 Å². The molecule has 2 unspecified atom stereocenters. The highest BCUT2D eigenvalue weighted by Crippen LogP contribution is 2.31. The van der Waals surface area contributed by atoms with Crippen LogP contribution >= 0.6 is 0 Å². The topological polar surface area (TPSA) is 84.6 Å². The molecule has 0 aliphatic heterocycles. The summed E-state index contributed by atoms with van der Waals surface area (Å²) in [5, 5.41) is 4.16. The summed E-state index contributed by atoms with van der Waals surface area (Å²) in [5.74, 6) is -2.66. The van der Waals surface area contributed by atoms with Crippen LogP contribution in [0.5, 0.6) is 5.75 Å². The average Bonchev–Trinajstić information content (AvgIpc) is 3.11. The van der Waals surface area contributed by atoms with E-state index in [0.29, 0.717) is 10.7 Å². The Morgan fingerprint density at radius 1 is 1.08 bits per heavy atom. The molecule has 0 aliphatic rings. The van der Waals surface area contributed by atoms with Gasteiger partial charge in [0.15, 0.2) is 11.9 Å². The minimum atomic E-state index is -4.78. The van der Waals surface area contributed by atoms with Crippen molar-refractivity contribution in [3.8, 4) is 11.4 Å². The van der Waals surface area contributed by atoms with Crippen molar-refractivity contribution in [1.82, 2.24) is 14.3 Å². The molecule has 1 aromatic heterocycles. The fraction of sp³-hybridized carbons (Fsp3) is 0.423. The smallest absolute Gasteiger partial charge is 0.425 e. The molecule has 8 nitrogen and oxygen atoms in total. The number of carbonyl (C=O) groups excluding carboxylic acids is 1. The van der Waals surface area contributed by atoms with E-state index in [2.05, 4.69) is 5.10 Å². The van der Waals surface area contributed by atoms with Crippen LogP contribution in [0, 0.1) is 5.82 Å². The molecule has 3 aromatic rings. The molecule has 2 aromatic carbocycles. The van der Waals surface area contributed by atoms with Crippen molar-refractivity contribution in [3.05, 3.63) is 75.7 Å². The third kappa shape index (κ3) is 6.80. The Balaban J connectivity index is 2.03. The number of ether oxygens (including phenoxy) is 3. The van der Waals surface area contributed by atoms with E-state index in [-0.39, 0.29) is 12.4 Å². The zero-order chi connectivity index (χ0) is 28.4. The first kappa shape index (κ1) is 28.9.